The van der Waals surface area contributed by atoms with Gasteiger partial charge in [0.2, 0.25) is 0 Å². The van der Waals surface area contributed by atoms with Crippen molar-refractivity contribution in [1.82, 2.24) is 20.4 Å². The Balaban J connectivity index is 1.80. The van der Waals surface area contributed by atoms with Gasteiger partial charge in [-0.3, -0.25) is 10.00 Å². The van der Waals surface area contributed by atoms with Crippen LogP contribution in [0.1, 0.15) is 19.4 Å². The lowest BCUT2D eigenvalue weighted by atomic mass is 10.0. The van der Waals surface area contributed by atoms with Crippen LogP contribution in [0.5, 0.6) is 0 Å². The number of hydrogen-bond donors (Lipinski definition) is 2. The van der Waals surface area contributed by atoms with E-state index in [-0.39, 0.29) is 5.54 Å². The van der Waals surface area contributed by atoms with Crippen molar-refractivity contribution in [2.45, 2.75) is 25.9 Å². The molecule has 0 atom stereocenters. The summed E-state index contributed by atoms with van der Waals surface area (Å²) in [5, 5.41) is 11.6. The third-order valence-corrected chi connectivity index (χ3v) is 4.11. The highest BCUT2D eigenvalue weighted by molar-refractivity contribution is 6.30. The number of aromatic amines is 1. The van der Waals surface area contributed by atoms with Gasteiger partial charge in [-0.05, 0) is 26.0 Å². The molecule has 1 saturated heterocycles. The number of benzene rings is 1. The fraction of sp³-hybridized carbons (Fsp3) is 0.438. The fourth-order valence-electron chi connectivity index (χ4n) is 2.95. The highest BCUT2D eigenvalue weighted by Gasteiger charge is 2.26. The van der Waals surface area contributed by atoms with Crippen LogP contribution < -0.4 is 5.32 Å². The second kappa shape index (κ2) is 5.79. The first-order valence-electron chi connectivity index (χ1n) is 7.29. The van der Waals surface area contributed by atoms with Gasteiger partial charge in [-0.15, -0.1) is 0 Å². The molecule has 112 valence electrons. The first-order valence-corrected chi connectivity index (χ1v) is 7.67. The van der Waals surface area contributed by atoms with Gasteiger partial charge < -0.3 is 5.32 Å². The van der Waals surface area contributed by atoms with Gasteiger partial charge in [-0.25, -0.2) is 0 Å². The number of nitrogens with one attached hydrogen (secondary N) is 2. The molecule has 5 heteroatoms. The Bertz CT molecular complexity index is 620. The highest BCUT2D eigenvalue weighted by Crippen LogP contribution is 2.25. The van der Waals surface area contributed by atoms with Crippen LogP contribution in [0.4, 0.5) is 0 Å². The smallest absolute Gasteiger partial charge is 0.0695 e. The average Bonchev–Trinajstić information content (AvgIpc) is 2.85. The second-order valence-electron chi connectivity index (χ2n) is 6.30. The maximum Gasteiger partial charge on any atom is 0.0695 e. The second-order valence-corrected chi connectivity index (χ2v) is 6.74. The third-order valence-electron chi connectivity index (χ3n) is 3.88. The minimum absolute atomic E-state index is 0.165. The normalized spacial score (nSPS) is 18.8. The van der Waals surface area contributed by atoms with Crippen LogP contribution >= 0.6 is 11.6 Å². The molecule has 0 radical (unpaired) electrons. The van der Waals surface area contributed by atoms with E-state index in [1.165, 1.54) is 5.56 Å². The lowest BCUT2D eigenvalue weighted by Crippen LogP contribution is -2.56. The lowest BCUT2D eigenvalue weighted by Gasteiger charge is -2.39. The van der Waals surface area contributed by atoms with Crippen LogP contribution in [0.15, 0.2) is 30.5 Å². The van der Waals surface area contributed by atoms with Gasteiger partial charge in [0.1, 0.15) is 0 Å². The molecule has 4 nitrogen and oxygen atoms in total. The zero-order valence-electron chi connectivity index (χ0n) is 12.5. The molecule has 1 aromatic carbocycles. The van der Waals surface area contributed by atoms with Gasteiger partial charge in [0.15, 0.2) is 0 Å². The number of piperazine rings is 1. The monoisotopic (exact) mass is 304 g/mol. The summed E-state index contributed by atoms with van der Waals surface area (Å²) in [5.74, 6) is 0. The van der Waals surface area contributed by atoms with Crippen molar-refractivity contribution in [3.63, 3.8) is 0 Å². The Morgan fingerprint density at radius 2 is 2.24 bits per heavy atom. The summed E-state index contributed by atoms with van der Waals surface area (Å²) in [6.45, 7) is 8.51. The molecule has 1 aliphatic rings. The third kappa shape index (κ3) is 3.46. The van der Waals surface area contributed by atoms with E-state index in [1.807, 2.05) is 24.4 Å². The van der Waals surface area contributed by atoms with E-state index >= 15 is 0 Å². The quantitative estimate of drug-likeness (QED) is 0.916. The number of halogens is 1. The SMILES string of the molecule is CC1(C)CN(Cc2cn[nH]c2-c2cccc(Cl)c2)CCN1. The Hall–Kier alpha value is -1.36. The molecule has 2 heterocycles. The lowest BCUT2D eigenvalue weighted by molar-refractivity contribution is 0.148. The molecule has 0 bridgehead atoms. The fourth-order valence-corrected chi connectivity index (χ4v) is 3.14. The molecule has 1 aromatic heterocycles. The predicted molar refractivity (Wildman–Crippen MR) is 86.4 cm³/mol. The van der Waals surface area contributed by atoms with Gasteiger partial charge in [0.25, 0.3) is 0 Å². The summed E-state index contributed by atoms with van der Waals surface area (Å²) < 4.78 is 0. The molecular formula is C16H21ClN4. The molecule has 0 aliphatic carbocycles. The van der Waals surface area contributed by atoms with Crippen LogP contribution in [0.2, 0.25) is 5.02 Å². The topological polar surface area (TPSA) is 44.0 Å². The number of H-pyrrole nitrogens is 1. The Morgan fingerprint density at radius 3 is 3.00 bits per heavy atom. The first-order chi connectivity index (χ1) is 10.0. The van der Waals surface area contributed by atoms with Crippen LogP contribution in [0.25, 0.3) is 11.3 Å². The molecule has 2 N–H and O–H groups in total. The molecule has 0 saturated carbocycles. The molecule has 2 aromatic rings. The standard InChI is InChI=1S/C16H21ClN4/c1-16(2)11-21(7-6-18-16)10-13-9-19-20-15(13)12-4-3-5-14(17)8-12/h3-5,8-9,18H,6-7,10-11H2,1-2H3,(H,19,20). The van der Waals surface area contributed by atoms with Crippen LogP contribution in [-0.4, -0.2) is 40.3 Å². The van der Waals surface area contributed by atoms with Crippen LogP contribution in [-0.2, 0) is 6.54 Å². The minimum atomic E-state index is 0.165. The van der Waals surface area contributed by atoms with Crippen molar-refractivity contribution in [2.24, 2.45) is 0 Å². The molecule has 1 aliphatic heterocycles. The molecule has 21 heavy (non-hydrogen) atoms. The molecule has 3 rings (SSSR count). The molecule has 0 unspecified atom stereocenters. The number of rotatable bonds is 3. The maximum atomic E-state index is 6.09. The van der Waals surface area contributed by atoms with Crippen molar-refractivity contribution >= 4 is 11.6 Å². The van der Waals surface area contributed by atoms with E-state index in [0.717, 1.165) is 42.5 Å². The van der Waals surface area contributed by atoms with Gasteiger partial charge >= 0.3 is 0 Å². The van der Waals surface area contributed by atoms with E-state index < -0.39 is 0 Å². The maximum absolute atomic E-state index is 6.09. The van der Waals surface area contributed by atoms with Gasteiger partial charge in [-0.1, -0.05) is 23.7 Å². The van der Waals surface area contributed by atoms with Crippen molar-refractivity contribution in [3.05, 3.63) is 41.0 Å². The Labute approximate surface area is 130 Å². The van der Waals surface area contributed by atoms with E-state index in [9.17, 15) is 0 Å². The molecule has 0 amide bonds. The summed E-state index contributed by atoms with van der Waals surface area (Å²) in [6, 6.07) is 7.89. The first kappa shape index (κ1) is 14.6. The van der Waals surface area contributed by atoms with Gasteiger partial charge in [0, 0.05) is 47.9 Å². The summed E-state index contributed by atoms with van der Waals surface area (Å²) in [6.07, 6.45) is 1.92. The van der Waals surface area contributed by atoms with E-state index in [0.29, 0.717) is 0 Å². The van der Waals surface area contributed by atoms with Crippen LogP contribution in [0, 0.1) is 0 Å². The largest absolute Gasteiger partial charge is 0.309 e. The highest BCUT2D eigenvalue weighted by atomic mass is 35.5. The molecule has 1 fully saturated rings. The van der Waals surface area contributed by atoms with Crippen molar-refractivity contribution in [1.29, 1.82) is 0 Å². The average molecular weight is 305 g/mol. The Morgan fingerprint density at radius 1 is 1.38 bits per heavy atom. The van der Waals surface area contributed by atoms with Crippen molar-refractivity contribution < 1.29 is 0 Å². The van der Waals surface area contributed by atoms with Crippen molar-refractivity contribution in [2.75, 3.05) is 19.6 Å². The number of nitrogens with zero attached hydrogens (tertiary/aromatic N) is 2. The zero-order chi connectivity index (χ0) is 14.9. The zero-order valence-corrected chi connectivity index (χ0v) is 13.2. The van der Waals surface area contributed by atoms with Gasteiger partial charge in [0.05, 0.1) is 11.9 Å². The van der Waals surface area contributed by atoms with Crippen molar-refractivity contribution in [3.8, 4) is 11.3 Å². The van der Waals surface area contributed by atoms with Crippen LogP contribution in [0.3, 0.4) is 0 Å². The van der Waals surface area contributed by atoms with E-state index in [1.54, 1.807) is 0 Å². The van der Waals surface area contributed by atoms with E-state index in [2.05, 4.69) is 40.3 Å². The van der Waals surface area contributed by atoms with Gasteiger partial charge in [-0.2, -0.15) is 5.10 Å². The number of hydrogen-bond acceptors (Lipinski definition) is 3. The predicted octanol–water partition coefficient (Wildman–Crippen LogP) is 2.91. The number of aromatic nitrogens is 2. The minimum Gasteiger partial charge on any atom is -0.309 e. The van der Waals surface area contributed by atoms with E-state index in [4.69, 9.17) is 11.6 Å². The summed E-state index contributed by atoms with van der Waals surface area (Å²) in [4.78, 5) is 2.47. The Kier molecular flexibility index (Phi) is 4.02. The summed E-state index contributed by atoms with van der Waals surface area (Å²) in [5.41, 5.74) is 3.53. The summed E-state index contributed by atoms with van der Waals surface area (Å²) >= 11 is 6.09. The molecule has 0 spiro atoms. The molecular weight excluding hydrogens is 284 g/mol. The summed E-state index contributed by atoms with van der Waals surface area (Å²) in [7, 11) is 0.